The van der Waals surface area contributed by atoms with Gasteiger partial charge in [0.2, 0.25) is 0 Å². The summed E-state index contributed by atoms with van der Waals surface area (Å²) in [4.78, 5) is 27.8. The maximum atomic E-state index is 12.1. The molecule has 1 aromatic carbocycles. The Morgan fingerprint density at radius 2 is 2.18 bits per heavy atom. The van der Waals surface area contributed by atoms with Gasteiger partial charge >= 0.3 is 0 Å². The number of aromatic amines is 1. The quantitative estimate of drug-likeness (QED) is 0.719. The zero-order chi connectivity index (χ0) is 15.7. The second kappa shape index (κ2) is 5.35. The second-order valence-electron chi connectivity index (χ2n) is 4.78. The van der Waals surface area contributed by atoms with Crippen molar-refractivity contribution in [1.29, 1.82) is 5.26 Å². The number of nitriles is 1. The molecule has 0 aliphatic carbocycles. The highest BCUT2D eigenvalue weighted by atomic mass is 16.3. The number of rotatable bonds is 4. The number of nitrogens with zero attached hydrogens (tertiary/aromatic N) is 2. The number of fused-ring (bicyclic) bond motifs is 1. The molecule has 22 heavy (non-hydrogen) atoms. The van der Waals surface area contributed by atoms with E-state index in [-0.39, 0.29) is 18.8 Å². The number of benzene rings is 1. The van der Waals surface area contributed by atoms with Crippen LogP contribution in [-0.4, -0.2) is 40.0 Å². The van der Waals surface area contributed by atoms with Gasteiger partial charge in [-0.2, -0.15) is 5.26 Å². The third-order valence-electron chi connectivity index (χ3n) is 3.40. The Balaban J connectivity index is 1.96. The number of nitrogens with one attached hydrogen (secondary N) is 2. The first kappa shape index (κ1) is 13.9. The first-order valence-electron chi connectivity index (χ1n) is 6.60. The molecule has 0 saturated carbocycles. The van der Waals surface area contributed by atoms with Gasteiger partial charge in [-0.15, -0.1) is 0 Å². The van der Waals surface area contributed by atoms with Gasteiger partial charge in [0.25, 0.3) is 11.8 Å². The Hall–Kier alpha value is -3.11. The monoisotopic (exact) mass is 296 g/mol. The number of β-amino-alcohol motifs (C(OH)–C–C–N with tert-alkyl or cyclic N) is 1. The Bertz CT molecular complexity index is 844. The Morgan fingerprint density at radius 1 is 1.36 bits per heavy atom. The van der Waals surface area contributed by atoms with Crippen molar-refractivity contribution in [2.24, 2.45) is 0 Å². The maximum Gasteiger partial charge on any atom is 0.277 e. The number of carbonyl (C=O) groups excluding carboxylic acids is 2. The number of hydrogen-bond acceptors (Lipinski definition) is 5. The molecule has 0 radical (unpaired) electrons. The molecule has 7 heteroatoms. The van der Waals surface area contributed by atoms with Crippen LogP contribution in [0.15, 0.2) is 36.2 Å². The summed E-state index contributed by atoms with van der Waals surface area (Å²) < 4.78 is 0. The van der Waals surface area contributed by atoms with Crippen molar-refractivity contribution in [3.05, 3.63) is 41.7 Å². The predicted molar refractivity (Wildman–Crippen MR) is 78.5 cm³/mol. The Morgan fingerprint density at radius 3 is 2.91 bits per heavy atom. The van der Waals surface area contributed by atoms with E-state index in [0.29, 0.717) is 11.3 Å². The largest absolute Gasteiger partial charge is 0.395 e. The van der Waals surface area contributed by atoms with Crippen molar-refractivity contribution in [3.63, 3.8) is 0 Å². The summed E-state index contributed by atoms with van der Waals surface area (Å²) in [5.41, 5.74) is 1.87. The number of H-pyrrole nitrogens is 1. The molecule has 0 spiro atoms. The highest BCUT2D eigenvalue weighted by Gasteiger charge is 2.30. The third kappa shape index (κ3) is 2.21. The fourth-order valence-corrected chi connectivity index (χ4v) is 2.39. The average Bonchev–Trinajstić information content (AvgIpc) is 3.08. The zero-order valence-electron chi connectivity index (χ0n) is 11.5. The molecule has 3 rings (SSSR count). The molecule has 1 aromatic heterocycles. The van der Waals surface area contributed by atoms with Gasteiger partial charge in [0.05, 0.1) is 24.8 Å². The van der Waals surface area contributed by atoms with Gasteiger partial charge in [-0.25, -0.2) is 0 Å². The lowest BCUT2D eigenvalue weighted by atomic mass is 10.1. The molecule has 0 fully saturated rings. The number of amides is 2. The first-order valence-corrected chi connectivity index (χ1v) is 6.60. The summed E-state index contributed by atoms with van der Waals surface area (Å²) >= 11 is 0. The Kier molecular flexibility index (Phi) is 3.37. The number of carbonyl (C=O) groups is 2. The summed E-state index contributed by atoms with van der Waals surface area (Å²) in [7, 11) is 0. The van der Waals surface area contributed by atoms with Crippen LogP contribution in [0, 0.1) is 11.3 Å². The minimum Gasteiger partial charge on any atom is -0.395 e. The number of aromatic nitrogens is 1. The summed E-state index contributed by atoms with van der Waals surface area (Å²) in [6, 6.07) is 7.18. The Labute approximate surface area is 125 Å². The van der Waals surface area contributed by atoms with Crippen molar-refractivity contribution in [3.8, 4) is 6.07 Å². The van der Waals surface area contributed by atoms with E-state index in [1.54, 1.807) is 18.3 Å². The van der Waals surface area contributed by atoms with Crippen LogP contribution in [0.1, 0.15) is 5.56 Å². The van der Waals surface area contributed by atoms with Crippen molar-refractivity contribution < 1.29 is 14.7 Å². The van der Waals surface area contributed by atoms with Crippen LogP contribution in [0.2, 0.25) is 0 Å². The van der Waals surface area contributed by atoms with Gasteiger partial charge in [0, 0.05) is 28.9 Å². The average molecular weight is 296 g/mol. The summed E-state index contributed by atoms with van der Waals surface area (Å²) in [6.07, 6.45) is 2.92. The van der Waals surface area contributed by atoms with Crippen LogP contribution in [0.25, 0.3) is 10.9 Å². The number of aliphatic hydroxyl groups excluding tert-OH is 1. The summed E-state index contributed by atoms with van der Waals surface area (Å²) in [5.74, 6) is -0.964. The molecule has 2 amide bonds. The fourth-order valence-electron chi connectivity index (χ4n) is 2.39. The number of hydrogen-bond donors (Lipinski definition) is 3. The SMILES string of the molecule is N#Cc1cc(NC2=CC(=O)N(CCO)C2=O)c2cc[nH]c2c1. The number of aliphatic hydroxyl groups is 1. The van der Waals surface area contributed by atoms with Crippen LogP contribution in [0.4, 0.5) is 5.69 Å². The number of anilines is 1. The molecule has 3 N–H and O–H groups in total. The van der Waals surface area contributed by atoms with Crippen molar-refractivity contribution >= 4 is 28.4 Å². The fraction of sp³-hybridized carbons (Fsp3) is 0.133. The molecule has 1 aliphatic rings. The van der Waals surface area contributed by atoms with Crippen molar-refractivity contribution in [1.82, 2.24) is 9.88 Å². The molecule has 0 unspecified atom stereocenters. The molecule has 0 saturated heterocycles. The van der Waals surface area contributed by atoms with Crippen LogP contribution in [0.5, 0.6) is 0 Å². The van der Waals surface area contributed by atoms with Gasteiger partial charge in [-0.1, -0.05) is 0 Å². The molecule has 2 aromatic rings. The second-order valence-corrected chi connectivity index (χ2v) is 4.78. The smallest absolute Gasteiger partial charge is 0.277 e. The lowest BCUT2D eigenvalue weighted by molar-refractivity contribution is -0.137. The van der Waals surface area contributed by atoms with E-state index >= 15 is 0 Å². The van der Waals surface area contributed by atoms with Gasteiger partial charge in [-0.05, 0) is 18.2 Å². The van der Waals surface area contributed by atoms with Crippen LogP contribution >= 0.6 is 0 Å². The van der Waals surface area contributed by atoms with Gasteiger partial charge in [-0.3, -0.25) is 14.5 Å². The molecule has 0 bridgehead atoms. The van der Waals surface area contributed by atoms with Crippen molar-refractivity contribution in [2.75, 3.05) is 18.5 Å². The molecule has 110 valence electrons. The van der Waals surface area contributed by atoms with Crippen LogP contribution < -0.4 is 5.32 Å². The number of imide groups is 1. The van der Waals surface area contributed by atoms with E-state index in [2.05, 4.69) is 10.3 Å². The topological polar surface area (TPSA) is 109 Å². The predicted octanol–water partition coefficient (Wildman–Crippen LogP) is 0.696. The minimum atomic E-state index is -0.495. The molecular weight excluding hydrogens is 284 g/mol. The van der Waals surface area contributed by atoms with E-state index in [9.17, 15) is 9.59 Å². The highest BCUT2D eigenvalue weighted by molar-refractivity contribution is 6.18. The lowest BCUT2D eigenvalue weighted by Gasteiger charge is -2.14. The van der Waals surface area contributed by atoms with E-state index in [0.717, 1.165) is 15.8 Å². The van der Waals surface area contributed by atoms with Gasteiger partial charge < -0.3 is 15.4 Å². The summed E-state index contributed by atoms with van der Waals surface area (Å²) in [5, 5.41) is 21.7. The van der Waals surface area contributed by atoms with Gasteiger partial charge in [0.1, 0.15) is 5.70 Å². The van der Waals surface area contributed by atoms with Crippen molar-refractivity contribution in [2.45, 2.75) is 0 Å². The van der Waals surface area contributed by atoms with E-state index in [1.165, 1.54) is 6.08 Å². The summed E-state index contributed by atoms with van der Waals surface area (Å²) in [6.45, 7) is -0.332. The molecule has 0 atom stereocenters. The first-order chi connectivity index (χ1) is 10.6. The zero-order valence-corrected chi connectivity index (χ0v) is 11.5. The standard InChI is InChI=1S/C15H12N4O3/c16-8-9-5-11-10(1-2-17-11)12(6-9)18-13-7-14(21)19(3-4-20)15(13)22/h1-2,5-7,17-18,20H,3-4H2. The lowest BCUT2D eigenvalue weighted by Crippen LogP contribution is -2.34. The van der Waals surface area contributed by atoms with E-state index in [1.807, 2.05) is 12.1 Å². The maximum absolute atomic E-state index is 12.1. The molecule has 2 heterocycles. The molecule has 7 nitrogen and oxygen atoms in total. The van der Waals surface area contributed by atoms with E-state index < -0.39 is 11.8 Å². The van der Waals surface area contributed by atoms with Crippen LogP contribution in [-0.2, 0) is 9.59 Å². The normalized spacial score (nSPS) is 14.4. The molecular formula is C15H12N4O3. The highest BCUT2D eigenvalue weighted by Crippen LogP contribution is 2.27. The van der Waals surface area contributed by atoms with Gasteiger partial charge in [0.15, 0.2) is 0 Å². The minimum absolute atomic E-state index is 0.0445. The van der Waals surface area contributed by atoms with Crippen LogP contribution in [0.3, 0.4) is 0 Å². The van der Waals surface area contributed by atoms with E-state index in [4.69, 9.17) is 10.4 Å². The molecule has 1 aliphatic heterocycles. The third-order valence-corrected chi connectivity index (χ3v) is 3.40.